The molecule has 4 rings (SSSR count). The second-order valence-electron chi connectivity index (χ2n) is 5.94. The highest BCUT2D eigenvalue weighted by Gasteiger charge is 2.27. The molecule has 0 saturated carbocycles. The summed E-state index contributed by atoms with van der Waals surface area (Å²) in [6.45, 7) is 2.76. The Bertz CT molecular complexity index is 880. The van der Waals surface area contributed by atoms with Crippen LogP contribution in [0.5, 0.6) is 11.5 Å². The number of benzene rings is 1. The van der Waals surface area contributed by atoms with E-state index in [0.29, 0.717) is 24.7 Å². The molecule has 0 spiro atoms. The minimum Gasteiger partial charge on any atom is -0.454 e. The first-order valence-corrected chi connectivity index (χ1v) is 8.30. The molecule has 0 radical (unpaired) electrons. The van der Waals surface area contributed by atoms with E-state index in [1.54, 1.807) is 12.1 Å². The standard InChI is InChI=1S/C17H16N4O6/c22-17(12-7-14-15(27-10-26-14)8-13(12)21(23)24)19-11-1-2-16(18-9-11)20-3-5-25-6-4-20/h1-2,7-9H,3-6,10H2,(H,19,22). The van der Waals surface area contributed by atoms with Gasteiger partial charge >= 0.3 is 0 Å². The van der Waals surface area contributed by atoms with E-state index in [-0.39, 0.29) is 23.8 Å². The van der Waals surface area contributed by atoms with E-state index in [1.807, 2.05) is 0 Å². The Labute approximate surface area is 153 Å². The van der Waals surface area contributed by atoms with Gasteiger partial charge in [0.15, 0.2) is 11.5 Å². The molecule has 2 aromatic rings. The molecular weight excluding hydrogens is 356 g/mol. The third kappa shape index (κ3) is 3.47. The number of hydrogen-bond acceptors (Lipinski definition) is 8. The molecule has 1 N–H and O–H groups in total. The highest BCUT2D eigenvalue weighted by molar-refractivity contribution is 6.07. The number of rotatable bonds is 4. The predicted molar refractivity (Wildman–Crippen MR) is 94.4 cm³/mol. The molecule has 0 bridgehead atoms. The van der Waals surface area contributed by atoms with Crippen LogP contribution in [0.4, 0.5) is 17.2 Å². The lowest BCUT2D eigenvalue weighted by molar-refractivity contribution is -0.385. The third-order valence-corrected chi connectivity index (χ3v) is 4.27. The first kappa shape index (κ1) is 17.0. The van der Waals surface area contributed by atoms with Crippen LogP contribution in [-0.2, 0) is 4.74 Å². The number of nitro groups is 1. The molecule has 1 amide bonds. The molecule has 0 unspecified atom stereocenters. The van der Waals surface area contributed by atoms with Crippen molar-refractivity contribution < 1.29 is 23.9 Å². The van der Waals surface area contributed by atoms with Crippen molar-refractivity contribution >= 4 is 23.1 Å². The lowest BCUT2D eigenvalue weighted by Gasteiger charge is -2.27. The first-order chi connectivity index (χ1) is 13.1. The molecule has 10 nitrogen and oxygen atoms in total. The van der Waals surface area contributed by atoms with E-state index in [0.717, 1.165) is 18.9 Å². The van der Waals surface area contributed by atoms with Crippen molar-refractivity contribution in [1.82, 2.24) is 4.98 Å². The van der Waals surface area contributed by atoms with Crippen molar-refractivity contribution in [3.8, 4) is 11.5 Å². The molecule has 27 heavy (non-hydrogen) atoms. The van der Waals surface area contributed by atoms with Gasteiger partial charge in [-0.1, -0.05) is 0 Å². The summed E-state index contributed by atoms with van der Waals surface area (Å²) in [7, 11) is 0. The van der Waals surface area contributed by atoms with E-state index in [1.165, 1.54) is 18.3 Å². The lowest BCUT2D eigenvalue weighted by atomic mass is 10.1. The maximum absolute atomic E-state index is 12.6. The summed E-state index contributed by atoms with van der Waals surface area (Å²) in [5, 5.41) is 13.9. The van der Waals surface area contributed by atoms with Gasteiger partial charge in [0.2, 0.25) is 6.79 Å². The number of nitrogens with one attached hydrogen (secondary N) is 1. The number of anilines is 2. The smallest absolute Gasteiger partial charge is 0.286 e. The summed E-state index contributed by atoms with van der Waals surface area (Å²) in [6.07, 6.45) is 1.52. The van der Waals surface area contributed by atoms with Crippen LogP contribution in [0.2, 0.25) is 0 Å². The van der Waals surface area contributed by atoms with E-state index in [9.17, 15) is 14.9 Å². The van der Waals surface area contributed by atoms with Crippen molar-refractivity contribution in [3.63, 3.8) is 0 Å². The SMILES string of the molecule is O=C(Nc1ccc(N2CCOCC2)nc1)c1cc2c(cc1[N+](=O)[O-])OCO2. The molecule has 0 atom stereocenters. The molecule has 2 aliphatic rings. The second kappa shape index (κ2) is 7.08. The van der Waals surface area contributed by atoms with Gasteiger partial charge in [-0.15, -0.1) is 0 Å². The number of hydrogen-bond donors (Lipinski definition) is 1. The number of aromatic nitrogens is 1. The minimum atomic E-state index is -0.628. The number of carbonyl (C=O) groups is 1. The molecule has 140 valence electrons. The van der Waals surface area contributed by atoms with Crippen molar-refractivity contribution in [2.75, 3.05) is 43.3 Å². The summed E-state index contributed by atoms with van der Waals surface area (Å²) in [6, 6.07) is 5.99. The second-order valence-corrected chi connectivity index (χ2v) is 5.94. The number of morpholine rings is 1. The van der Waals surface area contributed by atoms with Gasteiger partial charge in [0.25, 0.3) is 11.6 Å². The highest BCUT2D eigenvalue weighted by Crippen LogP contribution is 2.38. The summed E-state index contributed by atoms with van der Waals surface area (Å²) < 4.78 is 15.6. The quantitative estimate of drug-likeness (QED) is 0.638. The number of ether oxygens (including phenoxy) is 3. The molecule has 1 aromatic carbocycles. The van der Waals surface area contributed by atoms with Gasteiger partial charge in [-0.3, -0.25) is 14.9 Å². The zero-order chi connectivity index (χ0) is 18.8. The van der Waals surface area contributed by atoms with E-state index in [2.05, 4.69) is 15.2 Å². The molecule has 2 aliphatic heterocycles. The average molecular weight is 372 g/mol. The zero-order valence-corrected chi connectivity index (χ0v) is 14.2. The number of nitrogens with zero attached hydrogens (tertiary/aromatic N) is 3. The molecule has 10 heteroatoms. The van der Waals surface area contributed by atoms with Crippen molar-refractivity contribution in [2.24, 2.45) is 0 Å². The van der Waals surface area contributed by atoms with Crippen molar-refractivity contribution in [1.29, 1.82) is 0 Å². The average Bonchev–Trinajstić information content (AvgIpc) is 3.16. The lowest BCUT2D eigenvalue weighted by Crippen LogP contribution is -2.36. The molecular formula is C17H16N4O6. The van der Waals surface area contributed by atoms with Crippen LogP contribution in [0.15, 0.2) is 30.5 Å². The van der Waals surface area contributed by atoms with Crippen LogP contribution in [0.25, 0.3) is 0 Å². The number of amides is 1. The third-order valence-electron chi connectivity index (χ3n) is 4.27. The van der Waals surface area contributed by atoms with Gasteiger partial charge in [-0.05, 0) is 12.1 Å². The monoisotopic (exact) mass is 372 g/mol. The van der Waals surface area contributed by atoms with Crippen LogP contribution in [-0.4, -0.2) is 48.9 Å². The van der Waals surface area contributed by atoms with Crippen LogP contribution in [0.3, 0.4) is 0 Å². The van der Waals surface area contributed by atoms with E-state index < -0.39 is 10.8 Å². The van der Waals surface area contributed by atoms with Crippen LogP contribution in [0.1, 0.15) is 10.4 Å². The van der Waals surface area contributed by atoms with Crippen molar-refractivity contribution in [3.05, 3.63) is 46.1 Å². The van der Waals surface area contributed by atoms with Gasteiger partial charge < -0.3 is 24.4 Å². The molecule has 0 aliphatic carbocycles. The number of fused-ring (bicyclic) bond motifs is 1. The zero-order valence-electron chi connectivity index (χ0n) is 14.2. The minimum absolute atomic E-state index is 0.0372. The molecule has 3 heterocycles. The normalized spacial score (nSPS) is 15.5. The van der Waals surface area contributed by atoms with E-state index >= 15 is 0 Å². The summed E-state index contributed by atoms with van der Waals surface area (Å²) >= 11 is 0. The molecule has 1 saturated heterocycles. The summed E-state index contributed by atoms with van der Waals surface area (Å²) in [5.41, 5.74) is -0.0277. The van der Waals surface area contributed by atoms with Crippen molar-refractivity contribution in [2.45, 2.75) is 0 Å². The highest BCUT2D eigenvalue weighted by atomic mass is 16.7. The van der Waals surface area contributed by atoms with Crippen LogP contribution >= 0.6 is 0 Å². The Balaban J connectivity index is 1.53. The number of nitro benzene ring substituents is 1. The Kier molecular flexibility index (Phi) is 4.47. The first-order valence-electron chi connectivity index (χ1n) is 8.30. The largest absolute Gasteiger partial charge is 0.454 e. The van der Waals surface area contributed by atoms with Gasteiger partial charge in [-0.25, -0.2) is 4.98 Å². The maximum atomic E-state index is 12.6. The van der Waals surface area contributed by atoms with Gasteiger partial charge in [0, 0.05) is 19.2 Å². The van der Waals surface area contributed by atoms with Gasteiger partial charge in [-0.2, -0.15) is 0 Å². The van der Waals surface area contributed by atoms with Gasteiger partial charge in [0.1, 0.15) is 11.4 Å². The number of pyridine rings is 1. The summed E-state index contributed by atoms with van der Waals surface area (Å²) in [5.74, 6) is 0.701. The Morgan fingerprint density at radius 1 is 1.19 bits per heavy atom. The molecule has 1 fully saturated rings. The number of carbonyl (C=O) groups excluding carboxylic acids is 1. The maximum Gasteiger partial charge on any atom is 0.286 e. The fraction of sp³-hybridized carbons (Fsp3) is 0.294. The Morgan fingerprint density at radius 2 is 1.93 bits per heavy atom. The van der Waals surface area contributed by atoms with Gasteiger partial charge in [0.05, 0.1) is 36.1 Å². The topological polar surface area (TPSA) is 116 Å². The van der Waals surface area contributed by atoms with Crippen LogP contribution in [0, 0.1) is 10.1 Å². The fourth-order valence-corrected chi connectivity index (χ4v) is 2.90. The van der Waals surface area contributed by atoms with Crippen LogP contribution < -0.4 is 19.7 Å². The fourth-order valence-electron chi connectivity index (χ4n) is 2.90. The van der Waals surface area contributed by atoms with E-state index in [4.69, 9.17) is 14.2 Å². The summed E-state index contributed by atoms with van der Waals surface area (Å²) in [4.78, 5) is 29.7. The predicted octanol–water partition coefficient (Wildman–Crippen LogP) is 1.81. The molecule has 1 aromatic heterocycles. The Hall–Kier alpha value is -3.40. The Morgan fingerprint density at radius 3 is 2.59 bits per heavy atom.